The molecule has 1 N–H and O–H groups in total. The minimum atomic E-state index is -0.597. The first-order valence-electron chi connectivity index (χ1n) is 10.3. The molecular weight excluding hydrogens is 386 g/mol. The number of aryl methyl sites for hydroxylation is 1. The summed E-state index contributed by atoms with van der Waals surface area (Å²) in [6.45, 7) is 4.52. The van der Waals surface area contributed by atoms with Crippen LogP contribution in [0.1, 0.15) is 43.5 Å². The summed E-state index contributed by atoms with van der Waals surface area (Å²) in [5.41, 5.74) is 3.58. The second-order valence-electron chi connectivity index (χ2n) is 8.03. The lowest BCUT2D eigenvalue weighted by Crippen LogP contribution is -2.10. The van der Waals surface area contributed by atoms with Crippen molar-refractivity contribution < 1.29 is 13.5 Å². The van der Waals surface area contributed by atoms with Gasteiger partial charge in [-0.15, -0.1) is 0 Å². The standard InChI is InChI=1S/C23H22F2N4O/c1-3-15-9-21(28-20-8-14(11-26-20)13-4-5-13)29-23(27-15)30-19-10-18(24)16-6-12(2)7-17(16)22(19)25/h7-10,13H,3-6,11H2,1-2H3,(H,26,27,28,29). The number of rotatable bonds is 5. The van der Waals surface area contributed by atoms with Gasteiger partial charge >= 0.3 is 6.01 Å². The number of nitrogens with one attached hydrogen (secondary N) is 1. The smallest absolute Gasteiger partial charge is 0.324 e. The van der Waals surface area contributed by atoms with Gasteiger partial charge in [0.1, 0.15) is 17.5 Å². The first kappa shape index (κ1) is 18.9. The van der Waals surface area contributed by atoms with Crippen LogP contribution in [0.2, 0.25) is 0 Å². The number of benzene rings is 1. The molecule has 0 unspecified atom stereocenters. The van der Waals surface area contributed by atoms with Gasteiger partial charge in [0.05, 0.1) is 6.54 Å². The molecule has 7 heteroatoms. The Labute approximate surface area is 173 Å². The SMILES string of the molecule is CCc1cc(NC2=NCC(C3CC3)=C2)nc(Oc2cc(F)c3c(c2F)C=C(C)C3)n1. The molecule has 0 bridgehead atoms. The molecular formula is C23H22F2N4O. The monoisotopic (exact) mass is 408 g/mol. The predicted octanol–water partition coefficient (Wildman–Crippen LogP) is 5.23. The van der Waals surface area contributed by atoms with E-state index in [1.807, 2.05) is 19.9 Å². The van der Waals surface area contributed by atoms with Gasteiger partial charge in [-0.3, -0.25) is 4.99 Å². The van der Waals surface area contributed by atoms with E-state index in [-0.39, 0.29) is 17.3 Å². The van der Waals surface area contributed by atoms with Crippen LogP contribution in [0.5, 0.6) is 11.8 Å². The molecule has 0 amide bonds. The van der Waals surface area contributed by atoms with Gasteiger partial charge in [-0.2, -0.15) is 9.97 Å². The zero-order valence-electron chi connectivity index (χ0n) is 16.9. The van der Waals surface area contributed by atoms with Crippen molar-refractivity contribution in [2.45, 2.75) is 39.5 Å². The number of nitrogens with zero attached hydrogens (tertiary/aromatic N) is 3. The summed E-state index contributed by atoms with van der Waals surface area (Å²) in [5, 5.41) is 3.19. The molecule has 1 aromatic carbocycles. The Bertz CT molecular complexity index is 1130. The molecule has 154 valence electrons. The zero-order valence-corrected chi connectivity index (χ0v) is 16.9. The van der Waals surface area contributed by atoms with E-state index in [0.29, 0.717) is 36.7 Å². The third-order valence-electron chi connectivity index (χ3n) is 5.60. The van der Waals surface area contributed by atoms with E-state index < -0.39 is 11.6 Å². The van der Waals surface area contributed by atoms with Gasteiger partial charge in [-0.1, -0.05) is 18.6 Å². The highest BCUT2D eigenvalue weighted by molar-refractivity contribution is 6.05. The molecule has 3 aliphatic rings. The Hall–Kier alpha value is -3.09. The summed E-state index contributed by atoms with van der Waals surface area (Å²) in [7, 11) is 0. The van der Waals surface area contributed by atoms with Crippen LogP contribution < -0.4 is 10.1 Å². The van der Waals surface area contributed by atoms with E-state index >= 15 is 0 Å². The van der Waals surface area contributed by atoms with Gasteiger partial charge in [0, 0.05) is 29.0 Å². The molecule has 5 nitrogen and oxygen atoms in total. The van der Waals surface area contributed by atoms with Crippen molar-refractivity contribution in [3.05, 3.63) is 57.8 Å². The van der Waals surface area contributed by atoms with E-state index in [2.05, 4.69) is 26.4 Å². The van der Waals surface area contributed by atoms with Gasteiger partial charge in [-0.05, 0) is 50.2 Å². The average molecular weight is 408 g/mol. The van der Waals surface area contributed by atoms with Crippen LogP contribution in [0.4, 0.5) is 14.6 Å². The highest BCUT2D eigenvalue weighted by Crippen LogP contribution is 2.38. The van der Waals surface area contributed by atoms with Gasteiger partial charge in [0.25, 0.3) is 0 Å². The lowest BCUT2D eigenvalue weighted by molar-refractivity contribution is 0.404. The number of aliphatic imine (C=N–C) groups is 1. The normalized spacial score (nSPS) is 17.4. The predicted molar refractivity (Wildman–Crippen MR) is 112 cm³/mol. The molecule has 2 aromatic rings. The third-order valence-corrected chi connectivity index (χ3v) is 5.60. The van der Waals surface area contributed by atoms with Gasteiger partial charge < -0.3 is 10.1 Å². The summed E-state index contributed by atoms with van der Waals surface area (Å²) in [6.07, 6.45) is 7.24. The first-order valence-corrected chi connectivity index (χ1v) is 10.3. The van der Waals surface area contributed by atoms with Crippen molar-refractivity contribution in [2.75, 3.05) is 11.9 Å². The summed E-state index contributed by atoms with van der Waals surface area (Å²) in [5.74, 6) is 0.628. The molecule has 1 aliphatic heterocycles. The third kappa shape index (κ3) is 3.60. The van der Waals surface area contributed by atoms with Gasteiger partial charge in [-0.25, -0.2) is 8.78 Å². The number of fused-ring (bicyclic) bond motifs is 1. The van der Waals surface area contributed by atoms with Crippen LogP contribution in [-0.4, -0.2) is 22.3 Å². The van der Waals surface area contributed by atoms with Crippen molar-refractivity contribution in [3.8, 4) is 11.8 Å². The maximum absolute atomic E-state index is 14.9. The lowest BCUT2D eigenvalue weighted by atomic mass is 10.1. The number of hydrogen-bond acceptors (Lipinski definition) is 5. The second kappa shape index (κ2) is 7.31. The molecule has 0 atom stereocenters. The molecule has 5 rings (SSSR count). The van der Waals surface area contributed by atoms with Crippen molar-refractivity contribution in [2.24, 2.45) is 10.9 Å². The highest BCUT2D eigenvalue weighted by atomic mass is 19.1. The minimum absolute atomic E-state index is 0.0289. The molecule has 0 radical (unpaired) electrons. The Morgan fingerprint density at radius 2 is 2.00 bits per heavy atom. The van der Waals surface area contributed by atoms with Crippen LogP contribution in [0.15, 0.2) is 34.3 Å². The molecule has 1 aromatic heterocycles. The summed E-state index contributed by atoms with van der Waals surface area (Å²) >= 11 is 0. The average Bonchev–Trinajstić information content (AvgIpc) is 3.34. The van der Waals surface area contributed by atoms with Crippen LogP contribution in [0.25, 0.3) is 6.08 Å². The Kier molecular flexibility index (Phi) is 4.60. The number of allylic oxidation sites excluding steroid dienone is 1. The van der Waals surface area contributed by atoms with E-state index in [4.69, 9.17) is 4.74 Å². The molecule has 0 saturated heterocycles. The van der Waals surface area contributed by atoms with Crippen molar-refractivity contribution in [3.63, 3.8) is 0 Å². The zero-order chi connectivity index (χ0) is 20.8. The largest absolute Gasteiger partial charge is 0.421 e. The Balaban J connectivity index is 1.42. The fourth-order valence-electron chi connectivity index (χ4n) is 3.85. The fraction of sp³-hybridized carbons (Fsp3) is 0.348. The summed E-state index contributed by atoms with van der Waals surface area (Å²) in [6, 6.07) is 2.85. The van der Waals surface area contributed by atoms with E-state index in [1.165, 1.54) is 18.4 Å². The lowest BCUT2D eigenvalue weighted by Gasteiger charge is -2.12. The molecule has 2 aliphatic carbocycles. The maximum Gasteiger partial charge on any atom is 0.324 e. The fourth-order valence-corrected chi connectivity index (χ4v) is 3.85. The number of amidine groups is 1. The number of anilines is 1. The van der Waals surface area contributed by atoms with Crippen LogP contribution in [0.3, 0.4) is 0 Å². The van der Waals surface area contributed by atoms with Gasteiger partial charge in [0.2, 0.25) is 0 Å². The highest BCUT2D eigenvalue weighted by Gasteiger charge is 2.28. The number of aromatic nitrogens is 2. The maximum atomic E-state index is 14.9. The molecule has 1 fully saturated rings. The van der Waals surface area contributed by atoms with Crippen LogP contribution in [0, 0.1) is 17.6 Å². The summed E-state index contributed by atoms with van der Waals surface area (Å²) in [4.78, 5) is 13.2. The Morgan fingerprint density at radius 1 is 1.17 bits per heavy atom. The van der Waals surface area contributed by atoms with E-state index in [0.717, 1.165) is 23.2 Å². The number of halogens is 2. The van der Waals surface area contributed by atoms with E-state index in [1.54, 1.807) is 6.08 Å². The molecule has 0 spiro atoms. The van der Waals surface area contributed by atoms with Crippen LogP contribution in [-0.2, 0) is 12.8 Å². The first-order chi connectivity index (χ1) is 14.5. The Morgan fingerprint density at radius 3 is 2.77 bits per heavy atom. The quantitative estimate of drug-likeness (QED) is 0.736. The van der Waals surface area contributed by atoms with E-state index in [9.17, 15) is 8.78 Å². The topological polar surface area (TPSA) is 59.4 Å². The second-order valence-corrected chi connectivity index (χ2v) is 8.03. The summed E-state index contributed by atoms with van der Waals surface area (Å²) < 4.78 is 35.0. The van der Waals surface area contributed by atoms with Crippen LogP contribution >= 0.6 is 0 Å². The van der Waals surface area contributed by atoms with Crippen molar-refractivity contribution >= 4 is 17.7 Å². The van der Waals surface area contributed by atoms with Gasteiger partial charge in [0.15, 0.2) is 11.6 Å². The molecule has 30 heavy (non-hydrogen) atoms. The molecule has 2 heterocycles. The molecule has 1 saturated carbocycles. The van der Waals surface area contributed by atoms with Crippen molar-refractivity contribution in [1.29, 1.82) is 0 Å². The minimum Gasteiger partial charge on any atom is -0.421 e. The van der Waals surface area contributed by atoms with Crippen molar-refractivity contribution in [1.82, 2.24) is 9.97 Å². The number of ether oxygens (including phenoxy) is 1. The number of hydrogen-bond donors (Lipinski definition) is 1.